The minimum absolute atomic E-state index is 0.110. The summed E-state index contributed by atoms with van der Waals surface area (Å²) in [5.41, 5.74) is 0. The summed E-state index contributed by atoms with van der Waals surface area (Å²) >= 11 is 0. The SMILES string of the molecule is CCCCC(C=O)CC(=O)CCCC#N. The predicted octanol–water partition coefficient (Wildman–Crippen LogP) is 2.64. The van der Waals surface area contributed by atoms with Crippen LogP contribution < -0.4 is 0 Å². The zero-order valence-corrected chi connectivity index (χ0v) is 9.37. The van der Waals surface area contributed by atoms with Crippen molar-refractivity contribution in [1.29, 1.82) is 5.26 Å². The maximum absolute atomic E-state index is 11.4. The van der Waals surface area contributed by atoms with Crippen LogP contribution in [0.1, 0.15) is 51.9 Å². The molecule has 0 spiro atoms. The number of hydrogen-bond donors (Lipinski definition) is 0. The van der Waals surface area contributed by atoms with Crippen LogP contribution in [0.15, 0.2) is 0 Å². The molecule has 0 aliphatic rings. The van der Waals surface area contributed by atoms with Gasteiger partial charge >= 0.3 is 0 Å². The predicted molar refractivity (Wildman–Crippen MR) is 58.2 cm³/mol. The summed E-state index contributed by atoms with van der Waals surface area (Å²) in [7, 11) is 0. The second-order valence-corrected chi connectivity index (χ2v) is 3.79. The van der Waals surface area contributed by atoms with Gasteiger partial charge in [0.2, 0.25) is 0 Å². The van der Waals surface area contributed by atoms with Gasteiger partial charge in [0, 0.05) is 25.2 Å². The molecular formula is C12H19NO2. The highest BCUT2D eigenvalue weighted by Gasteiger charge is 2.12. The molecule has 0 amide bonds. The molecule has 0 aromatic carbocycles. The van der Waals surface area contributed by atoms with Crippen molar-refractivity contribution in [3.8, 4) is 6.07 Å². The number of rotatable bonds is 9. The molecule has 0 heterocycles. The van der Waals surface area contributed by atoms with Crippen LogP contribution in [0.4, 0.5) is 0 Å². The summed E-state index contributed by atoms with van der Waals surface area (Å²) in [5.74, 6) is -0.00186. The maximum atomic E-state index is 11.4. The van der Waals surface area contributed by atoms with Crippen molar-refractivity contribution in [2.75, 3.05) is 0 Å². The summed E-state index contributed by atoms with van der Waals surface area (Å²) in [6, 6.07) is 2.00. The fourth-order valence-corrected chi connectivity index (χ4v) is 1.44. The number of hydrogen-bond acceptors (Lipinski definition) is 3. The Morgan fingerprint density at radius 2 is 2.20 bits per heavy atom. The van der Waals surface area contributed by atoms with Gasteiger partial charge in [-0.1, -0.05) is 19.8 Å². The van der Waals surface area contributed by atoms with Gasteiger partial charge in [0.05, 0.1) is 6.07 Å². The van der Waals surface area contributed by atoms with E-state index in [1.54, 1.807) is 0 Å². The normalized spacial score (nSPS) is 11.7. The summed E-state index contributed by atoms with van der Waals surface area (Å²) in [6.45, 7) is 2.07. The Morgan fingerprint density at radius 3 is 2.73 bits per heavy atom. The van der Waals surface area contributed by atoms with E-state index < -0.39 is 0 Å². The topological polar surface area (TPSA) is 57.9 Å². The summed E-state index contributed by atoms with van der Waals surface area (Å²) < 4.78 is 0. The number of carbonyl (C=O) groups excluding carboxylic acids is 2. The summed E-state index contributed by atoms with van der Waals surface area (Å²) in [4.78, 5) is 22.1. The average Bonchev–Trinajstić information content (AvgIpc) is 2.24. The Morgan fingerprint density at radius 1 is 1.47 bits per heavy atom. The largest absolute Gasteiger partial charge is 0.303 e. The van der Waals surface area contributed by atoms with E-state index in [-0.39, 0.29) is 11.7 Å². The molecular weight excluding hydrogens is 190 g/mol. The quantitative estimate of drug-likeness (QED) is 0.433. The number of nitrogens with zero attached hydrogens (tertiary/aromatic N) is 1. The van der Waals surface area contributed by atoms with E-state index in [9.17, 15) is 9.59 Å². The van der Waals surface area contributed by atoms with Crippen LogP contribution in [0.2, 0.25) is 0 Å². The number of nitriles is 1. The Labute approximate surface area is 91.5 Å². The van der Waals surface area contributed by atoms with Gasteiger partial charge in [0.1, 0.15) is 12.1 Å². The number of aldehydes is 1. The van der Waals surface area contributed by atoms with Gasteiger partial charge in [-0.15, -0.1) is 0 Å². The lowest BCUT2D eigenvalue weighted by Gasteiger charge is -2.07. The van der Waals surface area contributed by atoms with E-state index in [1.807, 2.05) is 6.07 Å². The Hall–Kier alpha value is -1.17. The number of Topliss-reactive ketones (excluding diaryl/α,β-unsaturated/α-hetero) is 1. The van der Waals surface area contributed by atoms with Crippen LogP contribution in [0.3, 0.4) is 0 Å². The minimum Gasteiger partial charge on any atom is -0.303 e. The molecule has 0 saturated carbocycles. The van der Waals surface area contributed by atoms with Crippen molar-refractivity contribution >= 4 is 12.1 Å². The van der Waals surface area contributed by atoms with Crippen LogP contribution in [0.5, 0.6) is 0 Å². The molecule has 1 atom stereocenters. The standard InChI is InChI=1S/C12H19NO2/c1-2-3-6-11(10-14)9-12(15)7-4-5-8-13/h10-11H,2-7,9H2,1H3. The van der Waals surface area contributed by atoms with Crippen LogP contribution in [0, 0.1) is 17.2 Å². The van der Waals surface area contributed by atoms with E-state index in [2.05, 4.69) is 6.92 Å². The summed E-state index contributed by atoms with van der Waals surface area (Å²) in [6.07, 6.45) is 5.57. The molecule has 0 aliphatic heterocycles. The molecule has 0 bridgehead atoms. The van der Waals surface area contributed by atoms with Crippen LogP contribution in [0.25, 0.3) is 0 Å². The van der Waals surface area contributed by atoms with Gasteiger partial charge in [-0.25, -0.2) is 0 Å². The highest BCUT2D eigenvalue weighted by Crippen LogP contribution is 2.12. The third-order valence-electron chi connectivity index (χ3n) is 2.35. The van der Waals surface area contributed by atoms with Crippen molar-refractivity contribution < 1.29 is 9.59 Å². The van der Waals surface area contributed by atoms with Gasteiger partial charge in [0.15, 0.2) is 0 Å². The van der Waals surface area contributed by atoms with Crippen LogP contribution >= 0.6 is 0 Å². The zero-order chi connectivity index (χ0) is 11.5. The van der Waals surface area contributed by atoms with E-state index in [0.717, 1.165) is 25.5 Å². The molecule has 0 fully saturated rings. The Bertz CT molecular complexity index is 230. The molecule has 15 heavy (non-hydrogen) atoms. The van der Waals surface area contributed by atoms with Crippen molar-refractivity contribution in [2.24, 2.45) is 5.92 Å². The molecule has 3 nitrogen and oxygen atoms in total. The fraction of sp³-hybridized carbons (Fsp3) is 0.750. The Balaban J connectivity index is 3.71. The molecule has 0 aromatic heterocycles. The third kappa shape index (κ3) is 7.87. The molecule has 0 aromatic rings. The lowest BCUT2D eigenvalue weighted by Crippen LogP contribution is -2.09. The van der Waals surface area contributed by atoms with Crippen LogP contribution in [-0.4, -0.2) is 12.1 Å². The Kier molecular flexibility index (Phi) is 8.66. The lowest BCUT2D eigenvalue weighted by atomic mass is 9.96. The maximum Gasteiger partial charge on any atom is 0.133 e. The highest BCUT2D eigenvalue weighted by molar-refractivity contribution is 5.81. The average molecular weight is 209 g/mol. The van der Waals surface area contributed by atoms with Gasteiger partial charge in [-0.05, 0) is 12.8 Å². The fourth-order valence-electron chi connectivity index (χ4n) is 1.44. The first-order valence-electron chi connectivity index (χ1n) is 5.58. The molecule has 0 N–H and O–H groups in total. The van der Waals surface area contributed by atoms with Gasteiger partial charge in [0.25, 0.3) is 0 Å². The lowest BCUT2D eigenvalue weighted by molar-refractivity contribution is -0.123. The van der Waals surface area contributed by atoms with Crippen molar-refractivity contribution in [1.82, 2.24) is 0 Å². The first-order valence-corrected chi connectivity index (χ1v) is 5.58. The monoisotopic (exact) mass is 209 g/mol. The van der Waals surface area contributed by atoms with Gasteiger partial charge < -0.3 is 4.79 Å². The first-order chi connectivity index (χ1) is 7.24. The van der Waals surface area contributed by atoms with Gasteiger partial charge in [-0.2, -0.15) is 5.26 Å². The van der Waals surface area contributed by atoms with Crippen molar-refractivity contribution in [3.05, 3.63) is 0 Å². The molecule has 3 heteroatoms. The van der Waals surface area contributed by atoms with E-state index in [0.29, 0.717) is 25.7 Å². The molecule has 1 unspecified atom stereocenters. The summed E-state index contributed by atoms with van der Waals surface area (Å²) in [5, 5.41) is 8.31. The van der Waals surface area contributed by atoms with E-state index >= 15 is 0 Å². The van der Waals surface area contributed by atoms with E-state index in [4.69, 9.17) is 5.26 Å². The smallest absolute Gasteiger partial charge is 0.133 e. The van der Waals surface area contributed by atoms with Crippen molar-refractivity contribution in [2.45, 2.75) is 51.9 Å². The number of carbonyl (C=O) groups is 2. The molecule has 0 saturated heterocycles. The zero-order valence-electron chi connectivity index (χ0n) is 9.37. The third-order valence-corrected chi connectivity index (χ3v) is 2.35. The minimum atomic E-state index is -0.112. The second-order valence-electron chi connectivity index (χ2n) is 3.79. The van der Waals surface area contributed by atoms with Crippen LogP contribution in [-0.2, 0) is 9.59 Å². The number of ketones is 1. The van der Waals surface area contributed by atoms with Crippen molar-refractivity contribution in [3.63, 3.8) is 0 Å². The molecule has 0 radical (unpaired) electrons. The second kappa shape index (κ2) is 9.39. The molecule has 0 aliphatic carbocycles. The number of unbranched alkanes of at least 4 members (excludes halogenated alkanes) is 2. The first kappa shape index (κ1) is 13.8. The molecule has 0 rings (SSSR count). The molecule has 84 valence electrons. The highest BCUT2D eigenvalue weighted by atomic mass is 16.1. The van der Waals surface area contributed by atoms with Gasteiger partial charge in [-0.3, -0.25) is 4.79 Å². The van der Waals surface area contributed by atoms with E-state index in [1.165, 1.54) is 0 Å².